The molecule has 4 nitrogen and oxygen atoms in total. The van der Waals surface area contributed by atoms with Gasteiger partial charge in [0, 0.05) is 17.1 Å². The summed E-state index contributed by atoms with van der Waals surface area (Å²) in [6.07, 6.45) is 2.28. The summed E-state index contributed by atoms with van der Waals surface area (Å²) in [4.78, 5) is 4.44. The second kappa shape index (κ2) is 4.55. The topological polar surface area (TPSA) is 53.1 Å². The van der Waals surface area contributed by atoms with Gasteiger partial charge in [-0.25, -0.2) is 4.98 Å². The van der Waals surface area contributed by atoms with Crippen molar-refractivity contribution >= 4 is 32.9 Å². The highest BCUT2D eigenvalue weighted by atomic mass is 79.9. The molecule has 1 aromatic heterocycles. The lowest BCUT2D eigenvalue weighted by atomic mass is 10.0. The van der Waals surface area contributed by atoms with Crippen molar-refractivity contribution in [2.24, 2.45) is 0 Å². The van der Waals surface area contributed by atoms with Gasteiger partial charge in [-0.2, -0.15) is 0 Å². The van der Waals surface area contributed by atoms with Crippen molar-refractivity contribution in [1.29, 1.82) is 0 Å². The molecule has 0 saturated carbocycles. The standard InChI is InChI=1S/C13H16BrN3O/c1-8-6-10(4-5-18-8)17-12-3-2-9(14)7-11(12)16-13(17)15/h2-3,7-8,10H,4-6H2,1H3,(H2,15,16). The third-order valence-corrected chi connectivity index (χ3v) is 3.99. The Hall–Kier alpha value is -1.07. The number of hydrogen-bond donors (Lipinski definition) is 1. The van der Waals surface area contributed by atoms with Crippen LogP contribution in [0.1, 0.15) is 25.8 Å². The normalized spacial score (nSPS) is 24.6. The van der Waals surface area contributed by atoms with Crippen LogP contribution in [0.25, 0.3) is 11.0 Å². The molecule has 1 aliphatic rings. The number of fused-ring (bicyclic) bond motifs is 1. The second-order valence-electron chi connectivity index (χ2n) is 4.83. The van der Waals surface area contributed by atoms with E-state index in [0.717, 1.165) is 35.0 Å². The van der Waals surface area contributed by atoms with Crippen molar-refractivity contribution in [1.82, 2.24) is 9.55 Å². The Morgan fingerprint density at radius 1 is 1.50 bits per heavy atom. The molecule has 0 aliphatic carbocycles. The van der Waals surface area contributed by atoms with Gasteiger partial charge < -0.3 is 15.0 Å². The molecule has 2 aromatic rings. The van der Waals surface area contributed by atoms with Crippen LogP contribution in [-0.4, -0.2) is 22.3 Å². The molecular formula is C13H16BrN3O. The molecule has 1 aromatic carbocycles. The van der Waals surface area contributed by atoms with Crippen molar-refractivity contribution in [2.45, 2.75) is 31.9 Å². The number of imidazole rings is 1. The summed E-state index contributed by atoms with van der Waals surface area (Å²) < 4.78 is 8.78. The molecule has 2 unspecified atom stereocenters. The van der Waals surface area contributed by atoms with E-state index in [0.29, 0.717) is 12.0 Å². The Balaban J connectivity index is 2.07. The zero-order chi connectivity index (χ0) is 12.7. The number of halogens is 1. The van der Waals surface area contributed by atoms with Crippen LogP contribution >= 0.6 is 15.9 Å². The largest absolute Gasteiger partial charge is 0.378 e. The van der Waals surface area contributed by atoms with Crippen LogP contribution in [-0.2, 0) is 4.74 Å². The van der Waals surface area contributed by atoms with Gasteiger partial charge in [-0.1, -0.05) is 15.9 Å². The van der Waals surface area contributed by atoms with E-state index in [1.54, 1.807) is 0 Å². The van der Waals surface area contributed by atoms with Crippen LogP contribution in [0.15, 0.2) is 22.7 Å². The van der Waals surface area contributed by atoms with Crippen LogP contribution in [0.5, 0.6) is 0 Å². The highest BCUT2D eigenvalue weighted by molar-refractivity contribution is 9.10. The number of hydrogen-bond acceptors (Lipinski definition) is 3. The average molecular weight is 310 g/mol. The van der Waals surface area contributed by atoms with E-state index in [9.17, 15) is 0 Å². The summed E-state index contributed by atoms with van der Waals surface area (Å²) in [5.41, 5.74) is 8.13. The molecule has 0 amide bonds. The SMILES string of the molecule is CC1CC(n2c(N)nc3cc(Br)ccc32)CCO1. The zero-order valence-corrected chi connectivity index (χ0v) is 11.9. The minimum Gasteiger partial charge on any atom is -0.378 e. The van der Waals surface area contributed by atoms with E-state index in [1.807, 2.05) is 12.1 Å². The molecule has 0 bridgehead atoms. The summed E-state index contributed by atoms with van der Waals surface area (Å²) >= 11 is 3.46. The predicted octanol–water partition coefficient (Wildman–Crippen LogP) is 3.12. The van der Waals surface area contributed by atoms with Crippen molar-refractivity contribution in [3.8, 4) is 0 Å². The molecule has 1 aliphatic heterocycles. The number of anilines is 1. The molecule has 2 N–H and O–H groups in total. The zero-order valence-electron chi connectivity index (χ0n) is 10.3. The number of rotatable bonds is 1. The molecule has 1 saturated heterocycles. The first-order valence-electron chi connectivity index (χ1n) is 6.19. The van der Waals surface area contributed by atoms with Gasteiger partial charge in [0.2, 0.25) is 5.95 Å². The molecule has 96 valence electrons. The van der Waals surface area contributed by atoms with Gasteiger partial charge >= 0.3 is 0 Å². The van der Waals surface area contributed by atoms with Gasteiger partial charge in [-0.15, -0.1) is 0 Å². The Kier molecular flexibility index (Phi) is 3.03. The Bertz CT molecular complexity index is 581. The van der Waals surface area contributed by atoms with Crippen molar-refractivity contribution in [2.75, 3.05) is 12.3 Å². The molecule has 18 heavy (non-hydrogen) atoms. The van der Waals surface area contributed by atoms with Gasteiger partial charge in [0.25, 0.3) is 0 Å². The molecule has 1 fully saturated rings. The van der Waals surface area contributed by atoms with Crippen LogP contribution < -0.4 is 5.73 Å². The summed E-state index contributed by atoms with van der Waals surface area (Å²) in [6, 6.07) is 6.50. The molecule has 2 heterocycles. The van der Waals surface area contributed by atoms with Crippen LogP contribution in [0.3, 0.4) is 0 Å². The van der Waals surface area contributed by atoms with Gasteiger partial charge in [0.05, 0.1) is 17.1 Å². The van der Waals surface area contributed by atoms with E-state index < -0.39 is 0 Å². The van der Waals surface area contributed by atoms with Crippen molar-refractivity contribution < 1.29 is 4.74 Å². The fourth-order valence-electron chi connectivity index (χ4n) is 2.68. The number of aromatic nitrogens is 2. The van der Waals surface area contributed by atoms with E-state index in [-0.39, 0.29) is 6.10 Å². The van der Waals surface area contributed by atoms with E-state index in [2.05, 4.69) is 38.5 Å². The minimum atomic E-state index is 0.288. The van der Waals surface area contributed by atoms with Gasteiger partial charge in [0.1, 0.15) is 0 Å². The number of nitrogen functional groups attached to an aromatic ring is 1. The van der Waals surface area contributed by atoms with Crippen molar-refractivity contribution in [3.05, 3.63) is 22.7 Å². The number of nitrogens with two attached hydrogens (primary N) is 1. The Morgan fingerprint density at radius 3 is 3.11 bits per heavy atom. The summed E-state index contributed by atoms with van der Waals surface area (Å²) in [5, 5.41) is 0. The fourth-order valence-corrected chi connectivity index (χ4v) is 3.03. The monoisotopic (exact) mass is 309 g/mol. The van der Waals surface area contributed by atoms with E-state index in [1.165, 1.54) is 0 Å². The van der Waals surface area contributed by atoms with Gasteiger partial charge in [-0.3, -0.25) is 0 Å². The quantitative estimate of drug-likeness (QED) is 0.880. The van der Waals surface area contributed by atoms with E-state index >= 15 is 0 Å². The Morgan fingerprint density at radius 2 is 2.33 bits per heavy atom. The maximum Gasteiger partial charge on any atom is 0.201 e. The molecule has 0 radical (unpaired) electrons. The van der Waals surface area contributed by atoms with E-state index in [4.69, 9.17) is 10.5 Å². The maximum atomic E-state index is 6.08. The number of ether oxygens (including phenoxy) is 1. The molecule has 3 rings (SSSR count). The first-order valence-corrected chi connectivity index (χ1v) is 6.99. The summed E-state index contributed by atoms with van der Waals surface area (Å²) in [5.74, 6) is 0.599. The smallest absolute Gasteiger partial charge is 0.201 e. The molecule has 0 spiro atoms. The highest BCUT2D eigenvalue weighted by Gasteiger charge is 2.24. The lowest BCUT2D eigenvalue weighted by Gasteiger charge is -2.29. The molecule has 5 heteroatoms. The average Bonchev–Trinajstić information content (AvgIpc) is 2.64. The maximum absolute atomic E-state index is 6.08. The number of nitrogens with zero attached hydrogens (tertiary/aromatic N) is 2. The third-order valence-electron chi connectivity index (χ3n) is 3.50. The Labute approximate surface area is 114 Å². The molecule has 2 atom stereocenters. The first kappa shape index (κ1) is 12.0. The predicted molar refractivity (Wildman–Crippen MR) is 75.5 cm³/mol. The lowest BCUT2D eigenvalue weighted by Crippen LogP contribution is -2.26. The summed E-state index contributed by atoms with van der Waals surface area (Å²) in [6.45, 7) is 2.90. The minimum absolute atomic E-state index is 0.288. The van der Waals surface area contributed by atoms with Crippen LogP contribution in [0, 0.1) is 0 Å². The third kappa shape index (κ3) is 2.01. The fraction of sp³-hybridized carbons (Fsp3) is 0.462. The van der Waals surface area contributed by atoms with Gasteiger partial charge in [0.15, 0.2) is 0 Å². The van der Waals surface area contributed by atoms with Crippen LogP contribution in [0.4, 0.5) is 5.95 Å². The first-order chi connectivity index (χ1) is 8.65. The van der Waals surface area contributed by atoms with Gasteiger partial charge in [-0.05, 0) is 38.0 Å². The number of benzene rings is 1. The lowest BCUT2D eigenvalue weighted by molar-refractivity contribution is 0.00714. The molecular weight excluding hydrogens is 294 g/mol. The summed E-state index contributed by atoms with van der Waals surface area (Å²) in [7, 11) is 0. The highest BCUT2D eigenvalue weighted by Crippen LogP contribution is 2.32. The second-order valence-corrected chi connectivity index (χ2v) is 5.75. The van der Waals surface area contributed by atoms with Crippen molar-refractivity contribution in [3.63, 3.8) is 0 Å². The van der Waals surface area contributed by atoms with Crippen LogP contribution in [0.2, 0.25) is 0 Å².